The highest BCUT2D eigenvalue weighted by Gasteiger charge is 2.24. The van der Waals surface area contributed by atoms with E-state index in [2.05, 4.69) is 30.2 Å². The summed E-state index contributed by atoms with van der Waals surface area (Å²) in [6, 6.07) is 17.4. The molecule has 3 aromatic heterocycles. The van der Waals surface area contributed by atoms with Crippen LogP contribution < -0.4 is 10.2 Å². The molecule has 0 unspecified atom stereocenters. The van der Waals surface area contributed by atoms with Gasteiger partial charge in [0.05, 0.1) is 5.52 Å². The van der Waals surface area contributed by atoms with Crippen LogP contribution in [0.1, 0.15) is 16.1 Å². The van der Waals surface area contributed by atoms with E-state index in [0.29, 0.717) is 37.7 Å². The molecular weight excluding hydrogens is 402 g/mol. The predicted octanol–water partition coefficient (Wildman–Crippen LogP) is 3.43. The molecule has 1 saturated heterocycles. The Balaban J connectivity index is 1.24. The van der Waals surface area contributed by atoms with Crippen molar-refractivity contribution in [1.82, 2.24) is 24.8 Å². The molecule has 160 valence electrons. The van der Waals surface area contributed by atoms with Gasteiger partial charge in [0.2, 0.25) is 0 Å². The van der Waals surface area contributed by atoms with Crippen LogP contribution in [-0.4, -0.2) is 56.9 Å². The summed E-state index contributed by atoms with van der Waals surface area (Å²) in [6.07, 6.45) is 3.31. The van der Waals surface area contributed by atoms with Gasteiger partial charge in [-0.3, -0.25) is 4.79 Å². The molecule has 0 saturated carbocycles. The molecule has 5 rings (SSSR count). The minimum atomic E-state index is -0.0361. The van der Waals surface area contributed by atoms with E-state index in [1.54, 1.807) is 18.6 Å². The summed E-state index contributed by atoms with van der Waals surface area (Å²) in [5.41, 5.74) is 2.44. The largest absolute Gasteiger partial charge is 0.353 e. The Hall–Kier alpha value is -4.07. The number of amides is 1. The van der Waals surface area contributed by atoms with Crippen molar-refractivity contribution in [2.45, 2.75) is 6.92 Å². The van der Waals surface area contributed by atoms with Crippen molar-refractivity contribution in [3.05, 3.63) is 78.4 Å². The average molecular weight is 425 g/mol. The average Bonchev–Trinajstić information content (AvgIpc) is 2.83. The standard InChI is InChI=1S/C24H23N7O/c1-17-8-9-25-21(14-17)29-22-15-23(27-16-26-22)30-10-12-31(13-11-30)24(32)20-7-6-18-4-2-3-5-19(18)28-20/h2-9,14-16H,10-13H2,1H3,(H,25,26,27,29). The number of aryl methyl sites for hydroxylation is 1. The maximum Gasteiger partial charge on any atom is 0.272 e. The molecule has 8 nitrogen and oxygen atoms in total. The lowest BCUT2D eigenvalue weighted by Gasteiger charge is -2.35. The first-order valence-electron chi connectivity index (χ1n) is 10.6. The number of carbonyl (C=O) groups is 1. The van der Waals surface area contributed by atoms with Crippen molar-refractivity contribution in [1.29, 1.82) is 0 Å². The lowest BCUT2D eigenvalue weighted by Crippen LogP contribution is -2.49. The van der Waals surface area contributed by atoms with Crippen LogP contribution in [0.3, 0.4) is 0 Å². The monoisotopic (exact) mass is 425 g/mol. The van der Waals surface area contributed by atoms with Crippen molar-refractivity contribution in [2.24, 2.45) is 0 Å². The Morgan fingerprint density at radius 2 is 1.72 bits per heavy atom. The SMILES string of the molecule is Cc1ccnc(Nc2cc(N3CCN(C(=O)c4ccc5ccccc5n4)CC3)ncn2)c1. The summed E-state index contributed by atoms with van der Waals surface area (Å²) in [5.74, 6) is 2.22. The molecule has 8 heteroatoms. The van der Waals surface area contributed by atoms with Gasteiger partial charge in [-0.2, -0.15) is 0 Å². The third-order valence-corrected chi connectivity index (χ3v) is 5.53. The molecule has 0 bridgehead atoms. The van der Waals surface area contributed by atoms with Crippen LogP contribution in [0, 0.1) is 6.92 Å². The molecule has 1 aliphatic heterocycles. The summed E-state index contributed by atoms with van der Waals surface area (Å²) < 4.78 is 0. The molecule has 1 N–H and O–H groups in total. The number of hydrogen-bond acceptors (Lipinski definition) is 7. The molecule has 0 spiro atoms. The van der Waals surface area contributed by atoms with Gasteiger partial charge in [-0.15, -0.1) is 0 Å². The number of nitrogens with zero attached hydrogens (tertiary/aromatic N) is 6. The van der Waals surface area contributed by atoms with Crippen LogP contribution in [0.15, 0.2) is 67.1 Å². The summed E-state index contributed by atoms with van der Waals surface area (Å²) in [5, 5.41) is 4.26. The summed E-state index contributed by atoms with van der Waals surface area (Å²) in [6.45, 7) is 4.63. The zero-order valence-electron chi connectivity index (χ0n) is 17.8. The van der Waals surface area contributed by atoms with Crippen LogP contribution in [0.4, 0.5) is 17.5 Å². The fraction of sp³-hybridized carbons (Fsp3) is 0.208. The number of carbonyl (C=O) groups excluding carboxylic acids is 1. The normalized spacial score (nSPS) is 13.9. The zero-order chi connectivity index (χ0) is 21.9. The highest BCUT2D eigenvalue weighted by atomic mass is 16.2. The summed E-state index contributed by atoms with van der Waals surface area (Å²) in [7, 11) is 0. The van der Waals surface area contributed by atoms with Crippen LogP contribution in [0.2, 0.25) is 0 Å². The topological polar surface area (TPSA) is 87.1 Å². The van der Waals surface area contributed by atoms with Gasteiger partial charge in [0.15, 0.2) is 0 Å². The number of nitrogens with one attached hydrogen (secondary N) is 1. The van der Waals surface area contributed by atoms with E-state index in [4.69, 9.17) is 0 Å². The lowest BCUT2D eigenvalue weighted by atomic mass is 10.2. The first kappa shape index (κ1) is 19.9. The zero-order valence-corrected chi connectivity index (χ0v) is 17.8. The van der Waals surface area contributed by atoms with E-state index in [9.17, 15) is 4.79 Å². The second-order valence-electron chi connectivity index (χ2n) is 7.77. The van der Waals surface area contributed by atoms with E-state index in [-0.39, 0.29) is 5.91 Å². The van der Waals surface area contributed by atoms with Crippen molar-refractivity contribution >= 4 is 34.3 Å². The molecule has 0 radical (unpaired) electrons. The van der Waals surface area contributed by atoms with Gasteiger partial charge in [0, 0.05) is 43.8 Å². The summed E-state index contributed by atoms with van der Waals surface area (Å²) >= 11 is 0. The third-order valence-electron chi connectivity index (χ3n) is 5.53. The highest BCUT2D eigenvalue weighted by molar-refractivity contribution is 5.95. The Bertz CT molecular complexity index is 1270. The fourth-order valence-electron chi connectivity index (χ4n) is 3.81. The maximum absolute atomic E-state index is 13.0. The number of hydrogen-bond donors (Lipinski definition) is 1. The molecule has 0 aliphatic carbocycles. The lowest BCUT2D eigenvalue weighted by molar-refractivity contribution is 0.0741. The highest BCUT2D eigenvalue weighted by Crippen LogP contribution is 2.20. The number of benzene rings is 1. The van der Waals surface area contributed by atoms with Crippen LogP contribution in [-0.2, 0) is 0 Å². The summed E-state index contributed by atoms with van der Waals surface area (Å²) in [4.78, 5) is 34.6. The van der Waals surface area contributed by atoms with Gasteiger partial charge in [0.25, 0.3) is 5.91 Å². The molecular formula is C24H23N7O. The van der Waals surface area contributed by atoms with Crippen LogP contribution in [0.5, 0.6) is 0 Å². The first-order chi connectivity index (χ1) is 15.7. The molecule has 1 fully saturated rings. The van der Waals surface area contributed by atoms with E-state index >= 15 is 0 Å². The molecule has 1 aromatic carbocycles. The van der Waals surface area contributed by atoms with Gasteiger partial charge >= 0.3 is 0 Å². The van der Waals surface area contributed by atoms with Gasteiger partial charge in [-0.25, -0.2) is 19.9 Å². The second kappa shape index (κ2) is 8.58. The van der Waals surface area contributed by atoms with Gasteiger partial charge < -0.3 is 15.1 Å². The quantitative estimate of drug-likeness (QED) is 0.536. The van der Waals surface area contributed by atoms with Gasteiger partial charge in [0.1, 0.15) is 29.5 Å². The number of fused-ring (bicyclic) bond motifs is 1. The number of para-hydroxylation sites is 1. The van der Waals surface area contributed by atoms with E-state index in [0.717, 1.165) is 28.1 Å². The fourth-order valence-corrected chi connectivity index (χ4v) is 3.81. The Morgan fingerprint density at radius 1 is 0.906 bits per heavy atom. The van der Waals surface area contributed by atoms with E-state index in [1.165, 1.54) is 0 Å². The molecule has 4 aromatic rings. The number of rotatable bonds is 4. The Labute approximate surface area is 186 Å². The number of pyridine rings is 2. The molecule has 0 atom stereocenters. The number of anilines is 3. The molecule has 1 aliphatic rings. The van der Waals surface area contributed by atoms with E-state index in [1.807, 2.05) is 60.4 Å². The van der Waals surface area contributed by atoms with Crippen LogP contribution in [0.25, 0.3) is 10.9 Å². The van der Waals surface area contributed by atoms with E-state index < -0.39 is 0 Å². The molecule has 32 heavy (non-hydrogen) atoms. The van der Waals surface area contributed by atoms with Crippen molar-refractivity contribution < 1.29 is 4.79 Å². The van der Waals surface area contributed by atoms with Gasteiger partial charge in [-0.1, -0.05) is 24.3 Å². The van der Waals surface area contributed by atoms with Crippen molar-refractivity contribution in [3.8, 4) is 0 Å². The Morgan fingerprint density at radius 3 is 2.56 bits per heavy atom. The molecule has 1 amide bonds. The molecule has 4 heterocycles. The smallest absolute Gasteiger partial charge is 0.272 e. The maximum atomic E-state index is 13.0. The number of aromatic nitrogens is 4. The first-order valence-corrected chi connectivity index (χ1v) is 10.6. The minimum Gasteiger partial charge on any atom is -0.353 e. The van der Waals surface area contributed by atoms with Crippen molar-refractivity contribution in [2.75, 3.05) is 36.4 Å². The third kappa shape index (κ3) is 4.20. The number of piperazine rings is 1. The second-order valence-corrected chi connectivity index (χ2v) is 7.77. The Kier molecular flexibility index (Phi) is 5.33. The minimum absolute atomic E-state index is 0.0361. The van der Waals surface area contributed by atoms with Gasteiger partial charge in [-0.05, 0) is 36.8 Å². The predicted molar refractivity (Wildman–Crippen MR) is 124 cm³/mol. The van der Waals surface area contributed by atoms with Crippen LogP contribution >= 0.6 is 0 Å². The van der Waals surface area contributed by atoms with Crippen molar-refractivity contribution in [3.63, 3.8) is 0 Å².